The number of nitrogens with one attached hydrogen (secondary N) is 1. The Kier molecular flexibility index (Phi) is 4.32. The quantitative estimate of drug-likeness (QED) is 0.676. The minimum absolute atomic E-state index is 0.0650. The van der Waals surface area contributed by atoms with Crippen LogP contribution in [0.4, 0.5) is 10.7 Å². The lowest BCUT2D eigenvalue weighted by molar-refractivity contribution is -0.384. The van der Waals surface area contributed by atoms with Gasteiger partial charge in [0.15, 0.2) is 0 Å². The number of anilines is 1. The molecule has 0 radical (unpaired) electrons. The first-order valence-electron chi connectivity index (χ1n) is 7.60. The zero-order valence-electron chi connectivity index (χ0n) is 13.0. The largest absolute Gasteiger partial charge is 0.312 e. The molecule has 24 heavy (non-hydrogen) atoms. The van der Waals surface area contributed by atoms with Gasteiger partial charge in [-0.15, -0.1) is 11.3 Å². The van der Waals surface area contributed by atoms with Gasteiger partial charge in [0.25, 0.3) is 11.6 Å². The Morgan fingerprint density at radius 2 is 2.12 bits per heavy atom. The van der Waals surface area contributed by atoms with Crippen molar-refractivity contribution in [3.05, 3.63) is 55.9 Å². The summed E-state index contributed by atoms with van der Waals surface area (Å²) >= 11 is 1.46. The lowest BCUT2D eigenvalue weighted by Gasteiger charge is -2.17. The van der Waals surface area contributed by atoms with Crippen LogP contribution in [0.15, 0.2) is 24.3 Å². The van der Waals surface area contributed by atoms with Crippen LogP contribution >= 0.6 is 11.3 Å². The number of nitrogens with zero attached hydrogens (tertiary/aromatic N) is 2. The Morgan fingerprint density at radius 3 is 2.75 bits per heavy atom. The van der Waals surface area contributed by atoms with Gasteiger partial charge in [-0.05, 0) is 42.9 Å². The fourth-order valence-electron chi connectivity index (χ4n) is 2.87. The SMILES string of the molecule is C[C@H]1CCc2sc(NC(=O)c3ccc([N+](=O)[O-])cc3)c(C#N)c2C1. The molecule has 3 rings (SSSR count). The van der Waals surface area contributed by atoms with Gasteiger partial charge in [0, 0.05) is 22.6 Å². The molecular formula is C17H15N3O3S. The number of thiophene rings is 1. The summed E-state index contributed by atoms with van der Waals surface area (Å²) < 4.78 is 0. The van der Waals surface area contributed by atoms with Gasteiger partial charge in [0.1, 0.15) is 11.1 Å². The Bertz CT molecular complexity index is 849. The summed E-state index contributed by atoms with van der Waals surface area (Å²) in [6.07, 6.45) is 2.89. The van der Waals surface area contributed by atoms with E-state index in [1.54, 1.807) is 0 Å². The molecule has 1 heterocycles. The van der Waals surface area contributed by atoms with Crippen LogP contribution in [0.3, 0.4) is 0 Å². The average Bonchev–Trinajstić information content (AvgIpc) is 2.91. The van der Waals surface area contributed by atoms with Gasteiger partial charge in [0.05, 0.1) is 10.5 Å². The Labute approximate surface area is 142 Å². The minimum Gasteiger partial charge on any atom is -0.312 e. The molecule has 0 spiro atoms. The zero-order valence-corrected chi connectivity index (χ0v) is 13.9. The van der Waals surface area contributed by atoms with Crippen molar-refractivity contribution in [2.45, 2.75) is 26.2 Å². The van der Waals surface area contributed by atoms with Crippen molar-refractivity contribution < 1.29 is 9.72 Å². The molecule has 1 aromatic carbocycles. The highest BCUT2D eigenvalue weighted by molar-refractivity contribution is 7.16. The molecule has 0 fully saturated rings. The number of nitriles is 1. The molecule has 122 valence electrons. The number of nitro benzene ring substituents is 1. The summed E-state index contributed by atoms with van der Waals surface area (Å²) in [5, 5.41) is 23.5. The third-order valence-electron chi connectivity index (χ3n) is 4.19. The second-order valence-corrected chi connectivity index (χ2v) is 7.03. The number of nitro groups is 1. The number of hydrogen-bond donors (Lipinski definition) is 1. The van der Waals surface area contributed by atoms with E-state index < -0.39 is 4.92 Å². The Morgan fingerprint density at radius 1 is 1.42 bits per heavy atom. The van der Waals surface area contributed by atoms with Crippen LogP contribution in [0.2, 0.25) is 0 Å². The van der Waals surface area contributed by atoms with E-state index in [1.807, 2.05) is 0 Å². The van der Waals surface area contributed by atoms with Crippen LogP contribution in [0, 0.1) is 27.4 Å². The second-order valence-electron chi connectivity index (χ2n) is 5.93. The summed E-state index contributed by atoms with van der Waals surface area (Å²) in [7, 11) is 0. The topological polar surface area (TPSA) is 96.0 Å². The van der Waals surface area contributed by atoms with Crippen molar-refractivity contribution in [3.63, 3.8) is 0 Å². The molecule has 2 aromatic rings. The Hall–Kier alpha value is -2.72. The molecule has 0 bridgehead atoms. The van der Waals surface area contributed by atoms with Crippen molar-refractivity contribution in [2.24, 2.45) is 5.92 Å². The predicted molar refractivity (Wildman–Crippen MR) is 91.3 cm³/mol. The van der Waals surface area contributed by atoms with E-state index in [1.165, 1.54) is 40.5 Å². The molecule has 1 aliphatic carbocycles. The first kappa shape index (κ1) is 16.1. The summed E-state index contributed by atoms with van der Waals surface area (Å²) in [5.74, 6) is 0.172. The number of amides is 1. The van der Waals surface area contributed by atoms with E-state index in [-0.39, 0.29) is 11.6 Å². The van der Waals surface area contributed by atoms with E-state index >= 15 is 0 Å². The van der Waals surface area contributed by atoms with Crippen molar-refractivity contribution in [1.82, 2.24) is 0 Å². The van der Waals surface area contributed by atoms with Crippen LogP contribution in [-0.2, 0) is 12.8 Å². The molecule has 1 aromatic heterocycles. The monoisotopic (exact) mass is 341 g/mol. The lowest BCUT2D eigenvalue weighted by atomic mass is 9.88. The highest BCUT2D eigenvalue weighted by Gasteiger charge is 2.25. The summed E-state index contributed by atoms with van der Waals surface area (Å²) in [4.78, 5) is 23.7. The number of hydrogen-bond acceptors (Lipinski definition) is 5. The summed E-state index contributed by atoms with van der Waals surface area (Å²) in [6, 6.07) is 7.62. The first-order chi connectivity index (χ1) is 11.5. The van der Waals surface area contributed by atoms with Gasteiger partial charge in [-0.25, -0.2) is 0 Å². The number of aryl methyl sites for hydroxylation is 1. The maximum absolute atomic E-state index is 12.4. The predicted octanol–water partition coefficient (Wildman–Crippen LogP) is 3.91. The maximum Gasteiger partial charge on any atom is 0.269 e. The lowest BCUT2D eigenvalue weighted by Crippen LogP contribution is -2.12. The summed E-state index contributed by atoms with van der Waals surface area (Å²) in [6.45, 7) is 2.16. The molecule has 0 unspecified atom stereocenters. The van der Waals surface area contributed by atoms with Crippen molar-refractivity contribution in [2.75, 3.05) is 5.32 Å². The zero-order chi connectivity index (χ0) is 17.3. The molecule has 0 aliphatic heterocycles. The molecule has 1 atom stereocenters. The molecule has 1 N–H and O–H groups in total. The molecule has 0 saturated heterocycles. The van der Waals surface area contributed by atoms with Gasteiger partial charge in [-0.1, -0.05) is 6.92 Å². The van der Waals surface area contributed by atoms with Crippen LogP contribution < -0.4 is 5.32 Å². The minimum atomic E-state index is -0.510. The average molecular weight is 341 g/mol. The van der Waals surface area contributed by atoms with E-state index in [0.717, 1.165) is 24.8 Å². The number of rotatable bonds is 3. The molecular weight excluding hydrogens is 326 g/mol. The first-order valence-corrected chi connectivity index (χ1v) is 8.41. The Balaban J connectivity index is 1.84. The van der Waals surface area contributed by atoms with Crippen LogP contribution in [0.1, 0.15) is 39.7 Å². The van der Waals surface area contributed by atoms with Crippen LogP contribution in [0.5, 0.6) is 0 Å². The van der Waals surface area contributed by atoms with E-state index in [4.69, 9.17) is 0 Å². The van der Waals surface area contributed by atoms with E-state index in [0.29, 0.717) is 22.0 Å². The molecule has 1 aliphatic rings. The van der Waals surface area contributed by atoms with E-state index in [2.05, 4.69) is 18.3 Å². The van der Waals surface area contributed by atoms with Gasteiger partial charge in [0.2, 0.25) is 0 Å². The molecule has 1 amide bonds. The summed E-state index contributed by atoms with van der Waals surface area (Å²) in [5.41, 5.74) is 1.87. The van der Waals surface area contributed by atoms with Crippen LogP contribution in [-0.4, -0.2) is 10.8 Å². The number of carbonyl (C=O) groups excluding carboxylic acids is 1. The molecule has 0 saturated carbocycles. The van der Waals surface area contributed by atoms with Gasteiger partial charge in [-0.3, -0.25) is 14.9 Å². The fraction of sp³-hybridized carbons (Fsp3) is 0.294. The number of benzene rings is 1. The van der Waals surface area contributed by atoms with Gasteiger partial charge >= 0.3 is 0 Å². The number of carbonyl (C=O) groups is 1. The number of non-ortho nitro benzene ring substituents is 1. The number of fused-ring (bicyclic) bond motifs is 1. The van der Waals surface area contributed by atoms with Crippen molar-refractivity contribution >= 4 is 27.9 Å². The van der Waals surface area contributed by atoms with Gasteiger partial charge in [-0.2, -0.15) is 5.26 Å². The second kappa shape index (κ2) is 6.42. The van der Waals surface area contributed by atoms with Crippen LogP contribution in [0.25, 0.3) is 0 Å². The molecule has 7 heteroatoms. The standard InChI is InChI=1S/C17H15N3O3S/c1-10-2-7-15-13(8-10)14(9-18)17(24-15)19-16(21)11-3-5-12(6-4-11)20(22)23/h3-6,10H,2,7-8H2,1H3,(H,19,21)/t10-/m0/s1. The van der Waals surface area contributed by atoms with Crippen molar-refractivity contribution in [1.29, 1.82) is 5.26 Å². The van der Waals surface area contributed by atoms with Gasteiger partial charge < -0.3 is 5.32 Å². The fourth-order valence-corrected chi connectivity index (χ4v) is 4.06. The normalized spacial score (nSPS) is 16.1. The smallest absolute Gasteiger partial charge is 0.269 e. The van der Waals surface area contributed by atoms with E-state index in [9.17, 15) is 20.2 Å². The molecule has 6 nitrogen and oxygen atoms in total. The third-order valence-corrected chi connectivity index (χ3v) is 5.39. The third kappa shape index (κ3) is 3.01. The highest BCUT2D eigenvalue weighted by Crippen LogP contribution is 2.39. The highest BCUT2D eigenvalue weighted by atomic mass is 32.1. The maximum atomic E-state index is 12.4. The van der Waals surface area contributed by atoms with Crippen molar-refractivity contribution in [3.8, 4) is 6.07 Å².